The number of carbonyl (C=O) groups excluding carboxylic acids is 1. The van der Waals surface area contributed by atoms with E-state index in [1.807, 2.05) is 0 Å². The quantitative estimate of drug-likeness (QED) is 0.897. The van der Waals surface area contributed by atoms with E-state index < -0.39 is 0 Å². The molecule has 1 saturated heterocycles. The van der Waals surface area contributed by atoms with Crippen LogP contribution in [0, 0.1) is 5.92 Å². The van der Waals surface area contributed by atoms with E-state index in [9.17, 15) is 9.59 Å². The lowest BCUT2D eigenvalue weighted by Gasteiger charge is -2.31. The Kier molecular flexibility index (Phi) is 4.83. The van der Waals surface area contributed by atoms with Crippen molar-refractivity contribution >= 4 is 17.5 Å². The molecule has 2 aromatic heterocycles. The van der Waals surface area contributed by atoms with Gasteiger partial charge in [0.15, 0.2) is 0 Å². The van der Waals surface area contributed by atoms with E-state index >= 15 is 0 Å². The van der Waals surface area contributed by atoms with Crippen LogP contribution < -0.4 is 15.8 Å². The van der Waals surface area contributed by atoms with Crippen molar-refractivity contribution in [3.63, 3.8) is 0 Å². The van der Waals surface area contributed by atoms with Gasteiger partial charge in [-0.1, -0.05) is 6.92 Å². The maximum Gasteiger partial charge on any atom is 0.267 e. The van der Waals surface area contributed by atoms with Crippen LogP contribution in [0.5, 0.6) is 0 Å². The van der Waals surface area contributed by atoms with Gasteiger partial charge in [0.25, 0.3) is 5.56 Å². The summed E-state index contributed by atoms with van der Waals surface area (Å²) in [6.45, 7) is 4.01. The van der Waals surface area contributed by atoms with Crippen molar-refractivity contribution in [2.45, 2.75) is 26.3 Å². The normalized spacial score (nSPS) is 15.3. The Balaban J connectivity index is 1.65. The third-order valence-electron chi connectivity index (χ3n) is 4.11. The van der Waals surface area contributed by atoms with Crippen LogP contribution in [0.2, 0.25) is 0 Å². The van der Waals surface area contributed by atoms with Crippen LogP contribution in [-0.2, 0) is 11.3 Å². The average Bonchev–Trinajstić information content (AvgIpc) is 2.58. The van der Waals surface area contributed by atoms with Gasteiger partial charge in [-0.15, -0.1) is 0 Å². The van der Waals surface area contributed by atoms with Crippen molar-refractivity contribution in [3.8, 4) is 0 Å². The Morgan fingerprint density at radius 1 is 1.33 bits per heavy atom. The first-order valence-electron chi connectivity index (χ1n) is 8.01. The molecule has 8 nitrogen and oxygen atoms in total. The van der Waals surface area contributed by atoms with Gasteiger partial charge in [-0.05, 0) is 24.8 Å². The number of aromatic nitrogens is 4. The number of anilines is 2. The average molecular weight is 328 g/mol. The molecule has 0 saturated carbocycles. The molecular weight excluding hydrogens is 308 g/mol. The van der Waals surface area contributed by atoms with E-state index in [-0.39, 0.29) is 18.0 Å². The van der Waals surface area contributed by atoms with Crippen molar-refractivity contribution in [1.29, 1.82) is 0 Å². The summed E-state index contributed by atoms with van der Waals surface area (Å²) in [5, 5.41) is 6.55. The van der Waals surface area contributed by atoms with Gasteiger partial charge in [0, 0.05) is 31.4 Å². The first-order valence-corrected chi connectivity index (χ1v) is 8.01. The number of rotatable bonds is 4. The third-order valence-corrected chi connectivity index (χ3v) is 4.11. The predicted octanol–water partition coefficient (Wildman–Crippen LogP) is 0.908. The maximum atomic E-state index is 12.1. The van der Waals surface area contributed by atoms with Gasteiger partial charge in [-0.3, -0.25) is 9.59 Å². The molecule has 0 aliphatic carbocycles. The SMILES string of the molecule is CC1CCN(c2cc(NC(=O)Cn3ncccc3=O)ncn2)CC1. The highest BCUT2D eigenvalue weighted by Crippen LogP contribution is 2.22. The van der Waals surface area contributed by atoms with Gasteiger partial charge in [0.1, 0.15) is 24.5 Å². The molecular formula is C16H20N6O2. The Labute approximate surface area is 139 Å². The lowest BCUT2D eigenvalue weighted by atomic mass is 9.99. The zero-order valence-electron chi connectivity index (χ0n) is 13.6. The maximum absolute atomic E-state index is 12.1. The number of nitrogens with one attached hydrogen (secondary N) is 1. The van der Waals surface area contributed by atoms with Gasteiger partial charge in [-0.2, -0.15) is 5.10 Å². The van der Waals surface area contributed by atoms with E-state index in [4.69, 9.17) is 0 Å². The highest BCUT2D eigenvalue weighted by molar-refractivity contribution is 5.89. The number of nitrogens with zero attached hydrogens (tertiary/aromatic N) is 5. The lowest BCUT2D eigenvalue weighted by molar-refractivity contribution is -0.117. The van der Waals surface area contributed by atoms with E-state index in [0.29, 0.717) is 5.82 Å². The van der Waals surface area contributed by atoms with Gasteiger partial charge >= 0.3 is 0 Å². The second-order valence-corrected chi connectivity index (χ2v) is 6.00. The minimum atomic E-state index is -0.354. The molecule has 1 aliphatic heterocycles. The summed E-state index contributed by atoms with van der Waals surface area (Å²) >= 11 is 0. The van der Waals surface area contributed by atoms with Crippen LogP contribution in [0.3, 0.4) is 0 Å². The predicted molar refractivity (Wildman–Crippen MR) is 89.8 cm³/mol. The Morgan fingerprint density at radius 2 is 2.12 bits per heavy atom. The second-order valence-electron chi connectivity index (χ2n) is 6.00. The molecule has 126 valence electrons. The van der Waals surface area contributed by atoms with Gasteiger partial charge in [0.05, 0.1) is 0 Å². The topological polar surface area (TPSA) is 93.0 Å². The Hall–Kier alpha value is -2.77. The summed E-state index contributed by atoms with van der Waals surface area (Å²) in [6, 6.07) is 4.66. The van der Waals surface area contributed by atoms with Crippen molar-refractivity contribution in [2.75, 3.05) is 23.3 Å². The number of piperidine rings is 1. The smallest absolute Gasteiger partial charge is 0.267 e. The van der Waals surface area contributed by atoms with Gasteiger partial charge in [-0.25, -0.2) is 14.6 Å². The third kappa shape index (κ3) is 3.95. The highest BCUT2D eigenvalue weighted by Gasteiger charge is 2.17. The molecule has 1 N–H and O–H groups in total. The molecule has 3 heterocycles. The van der Waals surface area contributed by atoms with Crippen LogP contribution in [0.25, 0.3) is 0 Å². The molecule has 0 radical (unpaired) electrons. The fourth-order valence-electron chi connectivity index (χ4n) is 2.65. The first kappa shape index (κ1) is 16.1. The molecule has 8 heteroatoms. The molecule has 24 heavy (non-hydrogen) atoms. The van der Waals surface area contributed by atoms with Gasteiger partial charge < -0.3 is 10.2 Å². The van der Waals surface area contributed by atoms with E-state index in [0.717, 1.165) is 42.3 Å². The molecule has 3 rings (SSSR count). The highest BCUT2D eigenvalue weighted by atomic mass is 16.2. The number of amides is 1. The minimum Gasteiger partial charge on any atom is -0.356 e. The fourth-order valence-corrected chi connectivity index (χ4v) is 2.65. The van der Waals surface area contributed by atoms with Gasteiger partial charge in [0.2, 0.25) is 5.91 Å². The molecule has 0 unspecified atom stereocenters. The van der Waals surface area contributed by atoms with Crippen LogP contribution in [-0.4, -0.2) is 38.7 Å². The Morgan fingerprint density at radius 3 is 2.88 bits per heavy atom. The summed E-state index contributed by atoms with van der Waals surface area (Å²) in [7, 11) is 0. The molecule has 1 amide bonds. The fraction of sp³-hybridized carbons (Fsp3) is 0.438. The first-order chi connectivity index (χ1) is 11.6. The van der Waals surface area contributed by atoms with Crippen molar-refractivity contribution in [1.82, 2.24) is 19.7 Å². The summed E-state index contributed by atoms with van der Waals surface area (Å²) < 4.78 is 1.10. The molecule has 0 bridgehead atoms. The molecule has 1 aliphatic rings. The minimum absolute atomic E-state index is 0.153. The summed E-state index contributed by atoms with van der Waals surface area (Å²) in [5.74, 6) is 1.61. The standard InChI is InChI=1S/C16H20N6O2/c1-12-4-7-21(8-5-12)14-9-13(17-11-18-14)20-15(23)10-22-16(24)3-2-6-19-22/h2-3,6,9,11-12H,4-5,7-8,10H2,1H3,(H,17,18,20,23). The van der Waals surface area contributed by atoms with Crippen molar-refractivity contribution < 1.29 is 4.79 Å². The van der Waals surface area contributed by atoms with Crippen LogP contribution in [0.15, 0.2) is 35.5 Å². The van der Waals surface area contributed by atoms with E-state index in [1.54, 1.807) is 6.07 Å². The molecule has 0 aromatic carbocycles. The zero-order valence-corrected chi connectivity index (χ0v) is 13.6. The second kappa shape index (κ2) is 7.20. The monoisotopic (exact) mass is 328 g/mol. The molecule has 2 aromatic rings. The van der Waals surface area contributed by atoms with Crippen LogP contribution >= 0.6 is 0 Å². The van der Waals surface area contributed by atoms with E-state index in [2.05, 4.69) is 32.2 Å². The Bertz CT molecular complexity index is 767. The van der Waals surface area contributed by atoms with Crippen molar-refractivity contribution in [3.05, 3.63) is 41.1 Å². The molecule has 0 spiro atoms. The van der Waals surface area contributed by atoms with Crippen LogP contribution in [0.4, 0.5) is 11.6 Å². The number of hydrogen-bond donors (Lipinski definition) is 1. The van der Waals surface area contributed by atoms with Crippen LogP contribution in [0.1, 0.15) is 19.8 Å². The van der Waals surface area contributed by atoms with E-state index in [1.165, 1.54) is 24.7 Å². The summed E-state index contributed by atoms with van der Waals surface area (Å²) in [5.41, 5.74) is -0.321. The summed E-state index contributed by atoms with van der Waals surface area (Å²) in [6.07, 6.45) is 5.17. The zero-order chi connectivity index (χ0) is 16.9. The summed E-state index contributed by atoms with van der Waals surface area (Å²) in [4.78, 5) is 34.2. The van der Waals surface area contributed by atoms with Crippen molar-refractivity contribution in [2.24, 2.45) is 5.92 Å². The molecule has 0 atom stereocenters. The molecule has 1 fully saturated rings. The number of hydrogen-bond acceptors (Lipinski definition) is 6. The largest absolute Gasteiger partial charge is 0.356 e. The lowest BCUT2D eigenvalue weighted by Crippen LogP contribution is -2.33. The number of carbonyl (C=O) groups is 1.